The maximum absolute atomic E-state index is 5.61. The van der Waals surface area contributed by atoms with Gasteiger partial charge in [-0.2, -0.15) is 0 Å². The standard InChI is InChI=1S/C10H14ClNO/c1-7-5-8(7)9-6-12-10(13-9)3-2-4-11/h6-8H,2-5H2,1H3. The molecule has 2 rings (SSSR count). The Morgan fingerprint density at radius 1 is 1.69 bits per heavy atom. The summed E-state index contributed by atoms with van der Waals surface area (Å²) in [7, 11) is 0. The minimum atomic E-state index is 0.636. The molecule has 0 bridgehead atoms. The molecule has 1 fully saturated rings. The Morgan fingerprint density at radius 2 is 2.46 bits per heavy atom. The Kier molecular flexibility index (Phi) is 2.58. The number of alkyl halides is 1. The van der Waals surface area contributed by atoms with Crippen molar-refractivity contribution >= 4 is 11.6 Å². The van der Waals surface area contributed by atoms with Crippen LogP contribution in [0.1, 0.15) is 37.3 Å². The molecule has 0 spiro atoms. The molecule has 0 aliphatic heterocycles. The number of hydrogen-bond donors (Lipinski definition) is 0. The van der Waals surface area contributed by atoms with Gasteiger partial charge in [-0.25, -0.2) is 4.98 Å². The molecule has 1 aromatic heterocycles. The SMILES string of the molecule is CC1CC1c1cnc(CCCCl)o1. The van der Waals surface area contributed by atoms with Crippen molar-refractivity contribution in [3.05, 3.63) is 17.8 Å². The predicted molar refractivity (Wildman–Crippen MR) is 52.1 cm³/mol. The summed E-state index contributed by atoms with van der Waals surface area (Å²) in [6.07, 6.45) is 4.94. The molecule has 2 unspecified atom stereocenters. The van der Waals surface area contributed by atoms with E-state index in [0.717, 1.165) is 30.4 Å². The highest BCUT2D eigenvalue weighted by Gasteiger charge is 2.36. The van der Waals surface area contributed by atoms with E-state index in [1.165, 1.54) is 6.42 Å². The van der Waals surface area contributed by atoms with Gasteiger partial charge in [-0.15, -0.1) is 11.6 Å². The molecule has 0 radical (unpaired) electrons. The Bertz CT molecular complexity index is 284. The minimum Gasteiger partial charge on any atom is -0.445 e. The molecular formula is C10H14ClNO. The zero-order valence-corrected chi connectivity index (χ0v) is 8.55. The molecule has 1 aliphatic carbocycles. The quantitative estimate of drug-likeness (QED) is 0.697. The van der Waals surface area contributed by atoms with E-state index in [2.05, 4.69) is 11.9 Å². The molecule has 0 N–H and O–H groups in total. The molecule has 1 aliphatic rings. The summed E-state index contributed by atoms with van der Waals surface area (Å²) >= 11 is 5.59. The van der Waals surface area contributed by atoms with Crippen LogP contribution in [0.4, 0.5) is 0 Å². The molecule has 1 heterocycles. The van der Waals surface area contributed by atoms with Crippen LogP contribution in [-0.2, 0) is 6.42 Å². The fourth-order valence-electron chi connectivity index (χ4n) is 1.55. The first-order valence-electron chi connectivity index (χ1n) is 4.82. The fourth-order valence-corrected chi connectivity index (χ4v) is 1.68. The lowest BCUT2D eigenvalue weighted by Gasteiger charge is -1.91. The van der Waals surface area contributed by atoms with Crippen molar-refractivity contribution in [3.63, 3.8) is 0 Å². The molecule has 0 aromatic carbocycles. The Morgan fingerprint density at radius 3 is 3.08 bits per heavy atom. The van der Waals surface area contributed by atoms with Crippen molar-refractivity contribution in [2.45, 2.75) is 32.1 Å². The van der Waals surface area contributed by atoms with Gasteiger partial charge in [0.25, 0.3) is 0 Å². The van der Waals surface area contributed by atoms with Crippen LogP contribution in [0.3, 0.4) is 0 Å². The van der Waals surface area contributed by atoms with Crippen LogP contribution in [0, 0.1) is 5.92 Å². The number of nitrogens with zero attached hydrogens (tertiary/aromatic N) is 1. The first-order valence-corrected chi connectivity index (χ1v) is 5.35. The second kappa shape index (κ2) is 3.70. The summed E-state index contributed by atoms with van der Waals surface area (Å²) in [6, 6.07) is 0. The second-order valence-corrected chi connectivity index (χ2v) is 4.15. The van der Waals surface area contributed by atoms with Gasteiger partial charge >= 0.3 is 0 Å². The van der Waals surface area contributed by atoms with Crippen LogP contribution < -0.4 is 0 Å². The average molecular weight is 200 g/mol. The lowest BCUT2D eigenvalue weighted by molar-refractivity contribution is 0.450. The largest absolute Gasteiger partial charge is 0.445 e. The molecule has 3 heteroatoms. The third-order valence-electron chi connectivity index (χ3n) is 2.57. The number of aryl methyl sites for hydroxylation is 1. The lowest BCUT2D eigenvalue weighted by Crippen LogP contribution is -1.84. The Labute approximate surface area is 83.3 Å². The maximum atomic E-state index is 5.61. The first kappa shape index (κ1) is 9.07. The van der Waals surface area contributed by atoms with Crippen molar-refractivity contribution in [1.29, 1.82) is 0 Å². The van der Waals surface area contributed by atoms with Crippen LogP contribution in [0.25, 0.3) is 0 Å². The number of halogens is 1. The van der Waals surface area contributed by atoms with E-state index < -0.39 is 0 Å². The predicted octanol–water partition coefficient (Wildman–Crippen LogP) is 2.97. The van der Waals surface area contributed by atoms with Gasteiger partial charge in [-0.3, -0.25) is 0 Å². The number of aromatic nitrogens is 1. The first-order chi connectivity index (χ1) is 6.31. The van der Waals surface area contributed by atoms with Crippen LogP contribution in [-0.4, -0.2) is 10.9 Å². The van der Waals surface area contributed by atoms with Crippen molar-refractivity contribution in [1.82, 2.24) is 4.98 Å². The highest BCUT2D eigenvalue weighted by molar-refractivity contribution is 6.17. The van der Waals surface area contributed by atoms with Crippen molar-refractivity contribution in [2.75, 3.05) is 5.88 Å². The van der Waals surface area contributed by atoms with Crippen LogP contribution in [0.5, 0.6) is 0 Å². The number of oxazole rings is 1. The summed E-state index contributed by atoms with van der Waals surface area (Å²) in [5.74, 6) is 4.01. The maximum Gasteiger partial charge on any atom is 0.194 e. The monoisotopic (exact) mass is 199 g/mol. The summed E-state index contributed by atoms with van der Waals surface area (Å²) < 4.78 is 5.61. The summed E-state index contributed by atoms with van der Waals surface area (Å²) in [5.41, 5.74) is 0. The van der Waals surface area contributed by atoms with Crippen LogP contribution in [0.15, 0.2) is 10.6 Å². The molecule has 2 nitrogen and oxygen atoms in total. The van der Waals surface area contributed by atoms with Gasteiger partial charge < -0.3 is 4.42 Å². The van der Waals surface area contributed by atoms with Crippen LogP contribution >= 0.6 is 11.6 Å². The zero-order valence-electron chi connectivity index (χ0n) is 7.79. The molecule has 0 amide bonds. The van der Waals surface area contributed by atoms with E-state index in [9.17, 15) is 0 Å². The molecule has 72 valence electrons. The van der Waals surface area contributed by atoms with E-state index in [-0.39, 0.29) is 0 Å². The van der Waals surface area contributed by atoms with Crippen LogP contribution in [0.2, 0.25) is 0 Å². The van der Waals surface area contributed by atoms with Gasteiger partial charge in [-0.1, -0.05) is 6.92 Å². The van der Waals surface area contributed by atoms with E-state index in [1.54, 1.807) is 0 Å². The van der Waals surface area contributed by atoms with Gasteiger partial charge in [0, 0.05) is 18.2 Å². The summed E-state index contributed by atoms with van der Waals surface area (Å²) in [5, 5.41) is 0. The van der Waals surface area contributed by atoms with Gasteiger partial charge in [0.2, 0.25) is 0 Å². The fraction of sp³-hybridized carbons (Fsp3) is 0.700. The Hall–Kier alpha value is -0.500. The van der Waals surface area contributed by atoms with Gasteiger partial charge in [-0.05, 0) is 18.8 Å². The van der Waals surface area contributed by atoms with Crippen molar-refractivity contribution in [3.8, 4) is 0 Å². The number of hydrogen-bond acceptors (Lipinski definition) is 2. The van der Waals surface area contributed by atoms with Crippen molar-refractivity contribution < 1.29 is 4.42 Å². The number of rotatable bonds is 4. The van der Waals surface area contributed by atoms with Gasteiger partial charge in [0.1, 0.15) is 5.76 Å². The Balaban J connectivity index is 1.94. The van der Waals surface area contributed by atoms with E-state index in [0.29, 0.717) is 11.8 Å². The van der Waals surface area contributed by atoms with Gasteiger partial charge in [0.05, 0.1) is 6.20 Å². The third kappa shape index (κ3) is 2.05. The van der Waals surface area contributed by atoms with E-state index in [4.69, 9.17) is 16.0 Å². The summed E-state index contributed by atoms with van der Waals surface area (Å²) in [6.45, 7) is 2.24. The lowest BCUT2D eigenvalue weighted by atomic mass is 10.3. The van der Waals surface area contributed by atoms with Gasteiger partial charge in [0.15, 0.2) is 5.89 Å². The second-order valence-electron chi connectivity index (χ2n) is 3.77. The molecule has 13 heavy (non-hydrogen) atoms. The minimum absolute atomic E-state index is 0.636. The zero-order chi connectivity index (χ0) is 9.26. The topological polar surface area (TPSA) is 26.0 Å². The molecule has 1 saturated carbocycles. The third-order valence-corrected chi connectivity index (χ3v) is 2.84. The molecular weight excluding hydrogens is 186 g/mol. The normalized spacial score (nSPS) is 26.3. The summed E-state index contributed by atoms with van der Waals surface area (Å²) in [4.78, 5) is 4.22. The van der Waals surface area contributed by atoms with E-state index in [1.807, 2.05) is 6.20 Å². The van der Waals surface area contributed by atoms with Crippen molar-refractivity contribution in [2.24, 2.45) is 5.92 Å². The highest BCUT2D eigenvalue weighted by atomic mass is 35.5. The smallest absolute Gasteiger partial charge is 0.194 e. The van der Waals surface area contributed by atoms with E-state index >= 15 is 0 Å². The highest BCUT2D eigenvalue weighted by Crippen LogP contribution is 2.46. The molecule has 0 saturated heterocycles. The average Bonchev–Trinajstić information content (AvgIpc) is 2.67. The molecule has 2 atom stereocenters. The molecule has 1 aromatic rings.